The molecule has 0 amide bonds. The minimum absolute atomic E-state index is 0.123. The Hall–Kier alpha value is -1.66. The molecule has 100 valence electrons. The Bertz CT molecular complexity index is 630. The van der Waals surface area contributed by atoms with E-state index in [0.717, 1.165) is 21.9 Å². The smallest absolute Gasteiger partial charge is 0.294 e. The van der Waals surface area contributed by atoms with Crippen molar-refractivity contribution in [1.82, 2.24) is 0 Å². The Morgan fingerprint density at radius 3 is 2.79 bits per heavy atom. The monoisotopic (exact) mass is 300 g/mol. The summed E-state index contributed by atoms with van der Waals surface area (Å²) >= 11 is 7.12. The molecule has 0 fully saturated rings. The first-order chi connectivity index (χ1) is 8.97. The summed E-state index contributed by atoms with van der Waals surface area (Å²) in [5.41, 5.74) is -0.113. The quantitative estimate of drug-likeness (QED) is 0.674. The van der Waals surface area contributed by atoms with Crippen molar-refractivity contribution in [2.45, 2.75) is 13.5 Å². The zero-order valence-electron chi connectivity index (χ0n) is 9.94. The topological polar surface area (TPSA) is 55.2 Å². The van der Waals surface area contributed by atoms with Crippen molar-refractivity contribution in [3.05, 3.63) is 55.0 Å². The van der Waals surface area contributed by atoms with Crippen LogP contribution in [0, 0.1) is 22.9 Å². The second-order valence-corrected chi connectivity index (χ2v) is 5.69. The number of nitrogens with zero attached hydrogens (tertiary/aromatic N) is 1. The number of hydrogen-bond donors (Lipinski definition) is 1. The number of nitro benzene ring substituents is 1. The molecule has 0 saturated heterocycles. The lowest BCUT2D eigenvalue weighted by atomic mass is 10.2. The first-order valence-corrected chi connectivity index (χ1v) is 6.59. The van der Waals surface area contributed by atoms with Gasteiger partial charge < -0.3 is 5.32 Å². The highest BCUT2D eigenvalue weighted by atomic mass is 35.5. The molecule has 7 heteroatoms. The van der Waals surface area contributed by atoms with E-state index in [1.165, 1.54) is 0 Å². The van der Waals surface area contributed by atoms with Gasteiger partial charge in [0.2, 0.25) is 0 Å². The highest BCUT2D eigenvalue weighted by molar-refractivity contribution is 7.11. The summed E-state index contributed by atoms with van der Waals surface area (Å²) in [6.07, 6.45) is 0. The lowest BCUT2D eigenvalue weighted by Crippen LogP contribution is -2.02. The maximum absolute atomic E-state index is 13.4. The van der Waals surface area contributed by atoms with Gasteiger partial charge in [-0.3, -0.25) is 10.1 Å². The van der Waals surface area contributed by atoms with E-state index in [-0.39, 0.29) is 16.4 Å². The number of halogens is 2. The van der Waals surface area contributed by atoms with Gasteiger partial charge in [0.25, 0.3) is 5.69 Å². The van der Waals surface area contributed by atoms with Crippen LogP contribution >= 0.6 is 22.9 Å². The molecule has 0 bridgehead atoms. The van der Waals surface area contributed by atoms with Crippen LogP contribution in [-0.2, 0) is 6.54 Å². The molecule has 0 unspecified atom stereocenters. The molecule has 0 saturated carbocycles. The number of hydrogen-bond acceptors (Lipinski definition) is 4. The number of rotatable bonds is 4. The third-order valence-corrected chi connectivity index (χ3v) is 3.77. The van der Waals surface area contributed by atoms with Crippen LogP contribution in [0.25, 0.3) is 0 Å². The Morgan fingerprint density at radius 2 is 2.21 bits per heavy atom. The molecule has 0 aliphatic carbocycles. The molecule has 0 radical (unpaired) electrons. The molecule has 1 aromatic heterocycles. The zero-order valence-corrected chi connectivity index (χ0v) is 11.5. The lowest BCUT2D eigenvalue weighted by molar-refractivity contribution is -0.384. The van der Waals surface area contributed by atoms with E-state index in [4.69, 9.17) is 11.6 Å². The summed E-state index contributed by atoms with van der Waals surface area (Å²) < 4.78 is 13.4. The third-order valence-electron chi connectivity index (χ3n) is 2.48. The van der Waals surface area contributed by atoms with E-state index in [1.54, 1.807) is 11.3 Å². The zero-order chi connectivity index (χ0) is 14.0. The number of aryl methyl sites for hydroxylation is 1. The molecule has 0 spiro atoms. The number of nitro groups is 1. The van der Waals surface area contributed by atoms with Gasteiger partial charge in [-0.15, -0.1) is 11.3 Å². The maximum Gasteiger partial charge on any atom is 0.294 e. The predicted molar refractivity (Wildman–Crippen MR) is 74.4 cm³/mol. The average Bonchev–Trinajstić information content (AvgIpc) is 2.76. The molecule has 0 aliphatic heterocycles. The van der Waals surface area contributed by atoms with Crippen molar-refractivity contribution in [3.8, 4) is 0 Å². The first kappa shape index (κ1) is 13.8. The third kappa shape index (κ3) is 3.21. The van der Waals surface area contributed by atoms with E-state index in [1.807, 2.05) is 19.1 Å². The van der Waals surface area contributed by atoms with Gasteiger partial charge in [0.05, 0.1) is 9.95 Å². The number of nitrogens with one attached hydrogen (secondary N) is 1. The summed E-state index contributed by atoms with van der Waals surface area (Å²) in [4.78, 5) is 12.5. The van der Waals surface area contributed by atoms with Crippen LogP contribution in [0.4, 0.5) is 15.8 Å². The van der Waals surface area contributed by atoms with Crippen LogP contribution in [0.2, 0.25) is 5.02 Å². The number of thiophene rings is 1. The van der Waals surface area contributed by atoms with Crippen molar-refractivity contribution in [2.75, 3.05) is 5.32 Å². The molecular formula is C12H10ClFN2O2S. The molecule has 0 aliphatic rings. The van der Waals surface area contributed by atoms with Crippen molar-refractivity contribution < 1.29 is 9.31 Å². The predicted octanol–water partition coefficient (Wildman–Crippen LogP) is 4.37. The van der Waals surface area contributed by atoms with E-state index in [2.05, 4.69) is 5.32 Å². The highest BCUT2D eigenvalue weighted by Crippen LogP contribution is 2.31. The van der Waals surface area contributed by atoms with Crippen molar-refractivity contribution in [2.24, 2.45) is 0 Å². The average molecular weight is 301 g/mol. The lowest BCUT2D eigenvalue weighted by Gasteiger charge is -2.06. The fourth-order valence-corrected chi connectivity index (χ4v) is 2.58. The van der Waals surface area contributed by atoms with Gasteiger partial charge >= 0.3 is 0 Å². The van der Waals surface area contributed by atoms with E-state index >= 15 is 0 Å². The molecular weight excluding hydrogens is 291 g/mol. The minimum Gasteiger partial charge on any atom is -0.375 e. The Balaban J connectivity index is 2.23. The van der Waals surface area contributed by atoms with Gasteiger partial charge in [0, 0.05) is 28.4 Å². The fourth-order valence-electron chi connectivity index (χ4n) is 1.59. The van der Waals surface area contributed by atoms with Crippen LogP contribution in [0.1, 0.15) is 9.75 Å². The van der Waals surface area contributed by atoms with Gasteiger partial charge in [-0.1, -0.05) is 11.6 Å². The van der Waals surface area contributed by atoms with Crippen molar-refractivity contribution in [1.29, 1.82) is 0 Å². The molecule has 19 heavy (non-hydrogen) atoms. The summed E-state index contributed by atoms with van der Waals surface area (Å²) in [6, 6.07) is 5.93. The second-order valence-electron chi connectivity index (χ2n) is 3.91. The normalized spacial score (nSPS) is 10.5. The molecule has 1 N–H and O–H groups in total. The molecule has 4 nitrogen and oxygen atoms in total. The molecule has 0 atom stereocenters. The largest absolute Gasteiger partial charge is 0.375 e. The molecule has 1 heterocycles. The van der Waals surface area contributed by atoms with Gasteiger partial charge in [0.15, 0.2) is 0 Å². The number of anilines is 1. The molecule has 1 aromatic carbocycles. The van der Waals surface area contributed by atoms with Crippen molar-refractivity contribution in [3.63, 3.8) is 0 Å². The summed E-state index contributed by atoms with van der Waals surface area (Å²) in [5.74, 6) is -0.683. The first-order valence-electron chi connectivity index (χ1n) is 5.40. The minimum atomic E-state index is -0.683. The van der Waals surface area contributed by atoms with Gasteiger partial charge in [-0.05, 0) is 19.1 Å². The second kappa shape index (κ2) is 5.54. The van der Waals surface area contributed by atoms with E-state index in [9.17, 15) is 14.5 Å². The molecule has 2 rings (SSSR count). The van der Waals surface area contributed by atoms with Crippen LogP contribution in [0.5, 0.6) is 0 Å². The molecule has 2 aromatic rings. The van der Waals surface area contributed by atoms with Crippen LogP contribution in [-0.4, -0.2) is 4.92 Å². The van der Waals surface area contributed by atoms with Crippen LogP contribution in [0.15, 0.2) is 24.3 Å². The highest BCUT2D eigenvalue weighted by Gasteiger charge is 2.17. The van der Waals surface area contributed by atoms with E-state index < -0.39 is 10.7 Å². The van der Waals surface area contributed by atoms with Crippen LogP contribution in [0.3, 0.4) is 0 Å². The summed E-state index contributed by atoms with van der Waals surface area (Å²) in [6.45, 7) is 2.37. The van der Waals surface area contributed by atoms with Crippen LogP contribution < -0.4 is 5.32 Å². The van der Waals surface area contributed by atoms with Crippen molar-refractivity contribution >= 4 is 34.3 Å². The number of benzene rings is 1. The van der Waals surface area contributed by atoms with Gasteiger partial charge in [-0.25, -0.2) is 4.39 Å². The Kier molecular flexibility index (Phi) is 4.01. The standard InChI is InChI=1S/C12H10ClFN2O2S/c1-7-2-3-8(19-7)6-15-11-5-10(14)9(13)4-12(11)16(17)18/h2-5,15H,6H2,1H3. The van der Waals surface area contributed by atoms with Gasteiger partial charge in [0.1, 0.15) is 11.5 Å². The Morgan fingerprint density at radius 1 is 1.47 bits per heavy atom. The van der Waals surface area contributed by atoms with Gasteiger partial charge in [-0.2, -0.15) is 0 Å². The Labute approximate surface area is 118 Å². The summed E-state index contributed by atoms with van der Waals surface area (Å²) in [5, 5.41) is 13.5. The SMILES string of the molecule is Cc1ccc(CNc2cc(F)c(Cl)cc2[N+](=O)[O-])s1. The maximum atomic E-state index is 13.4. The fraction of sp³-hybridized carbons (Fsp3) is 0.167. The summed E-state index contributed by atoms with van der Waals surface area (Å²) in [7, 11) is 0. The van der Waals surface area contributed by atoms with E-state index in [0.29, 0.717) is 6.54 Å².